The Morgan fingerprint density at radius 1 is 0.943 bits per heavy atom. The highest BCUT2D eigenvalue weighted by atomic mass is 35.5. The van der Waals surface area contributed by atoms with Crippen molar-refractivity contribution in [3.05, 3.63) is 81.8 Å². The summed E-state index contributed by atoms with van der Waals surface area (Å²) in [4.78, 5) is 15.2. The van der Waals surface area contributed by atoms with E-state index in [1.54, 1.807) is 54.6 Å². The van der Waals surface area contributed by atoms with E-state index < -0.39 is 10.0 Å². The van der Waals surface area contributed by atoms with E-state index in [0.717, 1.165) is 5.56 Å². The Hall–Kier alpha value is -2.78. The molecule has 1 N–H and O–H groups in total. The number of ether oxygens (including phenoxy) is 1. The van der Waals surface area contributed by atoms with E-state index in [2.05, 4.69) is 5.32 Å². The van der Waals surface area contributed by atoms with Crippen LogP contribution in [0.5, 0.6) is 5.75 Å². The molecule has 7 nitrogen and oxygen atoms in total. The number of anilines is 2. The maximum absolute atomic E-state index is 13.1. The molecule has 0 atom stereocenters. The molecular weight excluding hydrogens is 509 g/mol. The fourth-order valence-corrected chi connectivity index (χ4v) is 5.93. The SMILES string of the molecule is COc1ccc(C(=O)Nc2cccc(Cl)c2N2CCN(S(=O)(=O)c3ccc(C)cc3)CC2)cc1Cl. The Kier molecular flexibility index (Phi) is 7.56. The van der Waals surface area contributed by atoms with Crippen LogP contribution in [0, 0.1) is 6.92 Å². The number of piperazine rings is 1. The minimum atomic E-state index is -3.59. The number of halogens is 2. The molecule has 3 aromatic rings. The van der Waals surface area contributed by atoms with E-state index in [4.69, 9.17) is 27.9 Å². The van der Waals surface area contributed by atoms with Crippen LogP contribution in [0.2, 0.25) is 10.0 Å². The van der Waals surface area contributed by atoms with Gasteiger partial charge in [-0.2, -0.15) is 4.31 Å². The molecule has 35 heavy (non-hydrogen) atoms. The van der Waals surface area contributed by atoms with Gasteiger partial charge in [-0.1, -0.05) is 47.0 Å². The molecule has 1 fully saturated rings. The van der Waals surface area contributed by atoms with Crippen LogP contribution in [-0.2, 0) is 10.0 Å². The summed E-state index contributed by atoms with van der Waals surface area (Å²) in [5.74, 6) is 0.128. The first kappa shape index (κ1) is 25.3. The normalized spacial score (nSPS) is 14.6. The van der Waals surface area contributed by atoms with Gasteiger partial charge in [0.1, 0.15) is 5.75 Å². The van der Waals surface area contributed by atoms with Crippen LogP contribution in [0.3, 0.4) is 0 Å². The molecule has 0 aromatic heterocycles. The van der Waals surface area contributed by atoms with Crippen molar-refractivity contribution >= 4 is 50.5 Å². The molecular formula is C25H25Cl2N3O4S. The van der Waals surface area contributed by atoms with Gasteiger partial charge in [0, 0.05) is 31.7 Å². The number of rotatable bonds is 6. The van der Waals surface area contributed by atoms with E-state index in [1.165, 1.54) is 17.5 Å². The van der Waals surface area contributed by atoms with Crippen molar-refractivity contribution in [3.63, 3.8) is 0 Å². The lowest BCUT2D eigenvalue weighted by Crippen LogP contribution is -2.49. The van der Waals surface area contributed by atoms with Crippen molar-refractivity contribution in [2.75, 3.05) is 43.5 Å². The van der Waals surface area contributed by atoms with Gasteiger partial charge in [0.2, 0.25) is 10.0 Å². The molecule has 184 valence electrons. The highest BCUT2D eigenvalue weighted by Crippen LogP contribution is 2.36. The van der Waals surface area contributed by atoms with Gasteiger partial charge in [0.25, 0.3) is 5.91 Å². The number of benzene rings is 3. The fraction of sp³-hybridized carbons (Fsp3) is 0.240. The molecule has 0 saturated carbocycles. The number of carbonyl (C=O) groups is 1. The zero-order valence-electron chi connectivity index (χ0n) is 19.3. The predicted molar refractivity (Wildman–Crippen MR) is 140 cm³/mol. The van der Waals surface area contributed by atoms with Crippen molar-refractivity contribution < 1.29 is 17.9 Å². The summed E-state index contributed by atoms with van der Waals surface area (Å²) < 4.78 is 32.7. The Morgan fingerprint density at radius 3 is 2.26 bits per heavy atom. The summed E-state index contributed by atoms with van der Waals surface area (Å²) in [6, 6.07) is 16.9. The number of sulfonamides is 1. The number of hydrogen-bond donors (Lipinski definition) is 1. The molecule has 0 bridgehead atoms. The summed E-state index contributed by atoms with van der Waals surface area (Å²) in [6.45, 7) is 3.35. The summed E-state index contributed by atoms with van der Waals surface area (Å²) in [5, 5.41) is 3.70. The maximum Gasteiger partial charge on any atom is 0.255 e. The van der Waals surface area contributed by atoms with E-state index in [9.17, 15) is 13.2 Å². The summed E-state index contributed by atoms with van der Waals surface area (Å²) >= 11 is 12.7. The zero-order valence-corrected chi connectivity index (χ0v) is 21.6. The van der Waals surface area contributed by atoms with Gasteiger partial charge in [-0.05, 0) is 49.4 Å². The number of nitrogens with zero attached hydrogens (tertiary/aromatic N) is 2. The van der Waals surface area contributed by atoms with Crippen LogP contribution >= 0.6 is 23.2 Å². The molecule has 1 aliphatic heterocycles. The molecule has 0 unspecified atom stereocenters. The Bertz CT molecular complexity index is 1340. The molecule has 1 saturated heterocycles. The molecule has 0 aliphatic carbocycles. The monoisotopic (exact) mass is 533 g/mol. The Balaban J connectivity index is 1.51. The number of methoxy groups -OCH3 is 1. The second kappa shape index (κ2) is 10.5. The summed E-state index contributed by atoms with van der Waals surface area (Å²) in [7, 11) is -2.08. The van der Waals surface area contributed by atoms with Gasteiger partial charge in [-0.25, -0.2) is 8.42 Å². The number of para-hydroxylation sites is 1. The zero-order chi connectivity index (χ0) is 25.2. The highest BCUT2D eigenvalue weighted by molar-refractivity contribution is 7.89. The van der Waals surface area contributed by atoms with Crippen molar-refractivity contribution in [3.8, 4) is 5.75 Å². The molecule has 1 heterocycles. The Morgan fingerprint density at radius 2 is 1.63 bits per heavy atom. The summed E-state index contributed by atoms with van der Waals surface area (Å²) in [5.41, 5.74) is 2.55. The van der Waals surface area contributed by atoms with Gasteiger partial charge in [0.05, 0.1) is 33.4 Å². The average Bonchev–Trinajstić information content (AvgIpc) is 2.84. The van der Waals surface area contributed by atoms with E-state index in [0.29, 0.717) is 58.9 Å². The molecule has 4 rings (SSSR count). The third-order valence-corrected chi connectivity index (χ3v) is 8.38. The van der Waals surface area contributed by atoms with Crippen molar-refractivity contribution in [2.45, 2.75) is 11.8 Å². The number of carbonyl (C=O) groups excluding carboxylic acids is 1. The topological polar surface area (TPSA) is 79.0 Å². The molecule has 1 aliphatic rings. The molecule has 0 spiro atoms. The lowest BCUT2D eigenvalue weighted by atomic mass is 10.1. The molecule has 10 heteroatoms. The minimum absolute atomic E-state index is 0.278. The maximum atomic E-state index is 13.1. The second-order valence-electron chi connectivity index (χ2n) is 8.14. The van der Waals surface area contributed by atoms with Gasteiger partial charge >= 0.3 is 0 Å². The summed E-state index contributed by atoms with van der Waals surface area (Å²) in [6.07, 6.45) is 0. The third-order valence-electron chi connectivity index (χ3n) is 5.86. The second-order valence-corrected chi connectivity index (χ2v) is 10.9. The Labute approximate surface area is 215 Å². The smallest absolute Gasteiger partial charge is 0.255 e. The van der Waals surface area contributed by atoms with Gasteiger partial charge in [0.15, 0.2) is 0 Å². The number of aryl methyl sites for hydroxylation is 1. The van der Waals surface area contributed by atoms with E-state index in [1.807, 2.05) is 11.8 Å². The van der Waals surface area contributed by atoms with Crippen molar-refractivity contribution in [1.82, 2.24) is 4.31 Å². The van der Waals surface area contributed by atoms with Crippen LogP contribution in [0.1, 0.15) is 15.9 Å². The fourth-order valence-electron chi connectivity index (χ4n) is 3.95. The largest absolute Gasteiger partial charge is 0.495 e. The van der Waals surface area contributed by atoms with Crippen LogP contribution in [0.4, 0.5) is 11.4 Å². The van der Waals surface area contributed by atoms with E-state index in [-0.39, 0.29) is 10.8 Å². The van der Waals surface area contributed by atoms with Crippen molar-refractivity contribution in [1.29, 1.82) is 0 Å². The number of amides is 1. The molecule has 0 radical (unpaired) electrons. The van der Waals surface area contributed by atoms with Crippen molar-refractivity contribution in [2.24, 2.45) is 0 Å². The highest BCUT2D eigenvalue weighted by Gasteiger charge is 2.30. The standard InChI is InChI=1S/C25H25Cl2N3O4S/c1-17-6-9-19(10-7-17)35(32,33)30-14-12-29(13-15-30)24-20(26)4-3-5-22(24)28-25(31)18-8-11-23(34-2)21(27)16-18/h3-11,16H,12-15H2,1-2H3,(H,28,31). The average molecular weight is 534 g/mol. The van der Waals surface area contributed by atoms with Crippen LogP contribution in [0.25, 0.3) is 0 Å². The van der Waals surface area contributed by atoms with E-state index >= 15 is 0 Å². The van der Waals surface area contributed by atoms with Crippen LogP contribution < -0.4 is 15.0 Å². The van der Waals surface area contributed by atoms with Gasteiger partial charge < -0.3 is 15.0 Å². The lowest BCUT2D eigenvalue weighted by molar-refractivity contribution is 0.102. The minimum Gasteiger partial charge on any atom is -0.495 e. The first-order valence-corrected chi connectivity index (χ1v) is 13.2. The predicted octanol–water partition coefficient (Wildman–Crippen LogP) is 5.07. The number of nitrogens with one attached hydrogen (secondary N) is 1. The first-order chi connectivity index (χ1) is 16.7. The molecule has 3 aromatic carbocycles. The van der Waals surface area contributed by atoms with Crippen LogP contribution in [0.15, 0.2) is 65.6 Å². The molecule has 1 amide bonds. The lowest BCUT2D eigenvalue weighted by Gasteiger charge is -2.36. The quantitative estimate of drug-likeness (QED) is 0.478. The third kappa shape index (κ3) is 5.41. The van der Waals surface area contributed by atoms with Crippen LogP contribution in [-0.4, -0.2) is 51.9 Å². The first-order valence-electron chi connectivity index (χ1n) is 11.0. The number of hydrogen-bond acceptors (Lipinski definition) is 5. The van der Waals surface area contributed by atoms with Gasteiger partial charge in [-0.15, -0.1) is 0 Å². The van der Waals surface area contributed by atoms with Gasteiger partial charge in [-0.3, -0.25) is 4.79 Å².